The number of halogens is 1. The Bertz CT molecular complexity index is 617. The molecule has 0 aliphatic rings. The van der Waals surface area contributed by atoms with Gasteiger partial charge in [0.2, 0.25) is 10.0 Å². The minimum atomic E-state index is -3.97. The van der Waals surface area contributed by atoms with Crippen LogP contribution in [0.5, 0.6) is 0 Å². The first kappa shape index (κ1) is 17.4. The van der Waals surface area contributed by atoms with Crippen molar-refractivity contribution in [1.29, 1.82) is 0 Å². The number of hydrogen-bond acceptors (Lipinski definition) is 5. The molecular formula is C13H19FN2O4S. The Kier molecular flexibility index (Phi) is 5.68. The molecule has 0 unspecified atom stereocenters. The third-order valence-corrected chi connectivity index (χ3v) is 3.70. The molecule has 2 N–H and O–H groups in total. The molecule has 1 aromatic carbocycles. The number of hydrogen-bond donors (Lipinski definition) is 1. The lowest BCUT2D eigenvalue weighted by molar-refractivity contribution is -0.141. The Balaban J connectivity index is 3.12. The fourth-order valence-electron chi connectivity index (χ4n) is 1.79. The quantitative estimate of drug-likeness (QED) is 0.797. The predicted octanol–water partition coefficient (Wildman–Crippen LogP) is 1.25. The number of carbonyl (C=O) groups is 1. The van der Waals surface area contributed by atoms with Crippen LogP contribution in [0.25, 0.3) is 0 Å². The molecule has 0 amide bonds. The van der Waals surface area contributed by atoms with Crippen LogP contribution in [0.4, 0.5) is 10.1 Å². The van der Waals surface area contributed by atoms with Crippen molar-refractivity contribution in [3.63, 3.8) is 0 Å². The minimum Gasteiger partial charge on any atom is -0.465 e. The molecule has 0 aromatic heterocycles. The van der Waals surface area contributed by atoms with Crippen LogP contribution in [0, 0.1) is 5.82 Å². The lowest BCUT2D eigenvalue weighted by atomic mass is 10.2. The van der Waals surface area contributed by atoms with Gasteiger partial charge < -0.3 is 9.64 Å². The maximum absolute atomic E-state index is 14.1. The highest BCUT2D eigenvalue weighted by Gasteiger charge is 2.20. The molecule has 0 saturated carbocycles. The van der Waals surface area contributed by atoms with Crippen molar-refractivity contribution in [3.8, 4) is 0 Å². The van der Waals surface area contributed by atoms with Gasteiger partial charge in [0.05, 0.1) is 17.2 Å². The Hall–Kier alpha value is -1.67. The highest BCUT2D eigenvalue weighted by molar-refractivity contribution is 7.89. The smallest absolute Gasteiger partial charge is 0.325 e. The van der Waals surface area contributed by atoms with Gasteiger partial charge in [-0.2, -0.15) is 0 Å². The standard InChI is InChI=1S/C13H19FN2O4S/c1-4-20-13(17)8-16(9(2)3)12-6-5-10(7-11(12)14)21(15,18)19/h5-7,9H,4,8H2,1-3H3,(H2,15,18,19). The molecule has 0 bridgehead atoms. The largest absolute Gasteiger partial charge is 0.465 e. The second-order valence-corrected chi connectivity index (χ2v) is 6.25. The second-order valence-electron chi connectivity index (χ2n) is 4.68. The van der Waals surface area contributed by atoms with Gasteiger partial charge in [0.1, 0.15) is 12.4 Å². The molecule has 1 aromatic rings. The summed E-state index contributed by atoms with van der Waals surface area (Å²) in [6.45, 7) is 5.35. The first-order chi connectivity index (χ1) is 9.66. The third kappa shape index (κ3) is 4.68. The molecule has 0 atom stereocenters. The van der Waals surface area contributed by atoms with E-state index >= 15 is 0 Å². The molecule has 0 radical (unpaired) electrons. The summed E-state index contributed by atoms with van der Waals surface area (Å²) in [4.78, 5) is 12.7. The molecule has 0 spiro atoms. The van der Waals surface area contributed by atoms with Gasteiger partial charge in [-0.25, -0.2) is 17.9 Å². The van der Waals surface area contributed by atoms with Gasteiger partial charge in [-0.3, -0.25) is 4.79 Å². The number of rotatable bonds is 6. The summed E-state index contributed by atoms with van der Waals surface area (Å²) < 4.78 is 41.3. The Labute approximate surface area is 123 Å². The Morgan fingerprint density at radius 1 is 1.43 bits per heavy atom. The summed E-state index contributed by atoms with van der Waals surface area (Å²) in [5.41, 5.74) is 0.116. The van der Waals surface area contributed by atoms with Crippen LogP contribution in [0.2, 0.25) is 0 Å². The number of nitrogens with two attached hydrogens (primary N) is 1. The fourth-order valence-corrected chi connectivity index (χ4v) is 2.31. The zero-order chi connectivity index (χ0) is 16.2. The maximum Gasteiger partial charge on any atom is 0.325 e. The molecular weight excluding hydrogens is 299 g/mol. The van der Waals surface area contributed by atoms with E-state index in [-0.39, 0.29) is 29.8 Å². The van der Waals surface area contributed by atoms with Crippen LogP contribution in [0.15, 0.2) is 23.1 Å². The Morgan fingerprint density at radius 2 is 2.05 bits per heavy atom. The molecule has 0 fully saturated rings. The SMILES string of the molecule is CCOC(=O)CN(c1ccc(S(N)(=O)=O)cc1F)C(C)C. The molecule has 6 nitrogen and oxygen atoms in total. The van der Waals surface area contributed by atoms with Crippen molar-refractivity contribution in [2.75, 3.05) is 18.1 Å². The zero-order valence-corrected chi connectivity index (χ0v) is 13.0. The summed E-state index contributed by atoms with van der Waals surface area (Å²) in [7, 11) is -3.97. The first-order valence-electron chi connectivity index (χ1n) is 6.41. The third-order valence-electron chi connectivity index (χ3n) is 2.79. The van der Waals surface area contributed by atoms with Gasteiger partial charge in [0.15, 0.2) is 0 Å². The van der Waals surface area contributed by atoms with Gasteiger partial charge in [-0.1, -0.05) is 0 Å². The number of carbonyl (C=O) groups excluding carboxylic acids is 1. The lowest BCUT2D eigenvalue weighted by Crippen LogP contribution is -2.37. The summed E-state index contributed by atoms with van der Waals surface area (Å²) in [6, 6.07) is 3.15. The molecule has 118 valence electrons. The van der Waals surface area contributed by atoms with Crippen LogP contribution in [0.1, 0.15) is 20.8 Å². The van der Waals surface area contributed by atoms with E-state index in [1.807, 2.05) is 0 Å². The predicted molar refractivity (Wildman–Crippen MR) is 76.9 cm³/mol. The number of primary sulfonamides is 1. The molecule has 0 aliphatic carbocycles. The van der Waals surface area contributed by atoms with Crippen molar-refractivity contribution in [3.05, 3.63) is 24.0 Å². The van der Waals surface area contributed by atoms with Crippen LogP contribution in [0.3, 0.4) is 0 Å². The van der Waals surface area contributed by atoms with Gasteiger partial charge in [0, 0.05) is 6.04 Å². The van der Waals surface area contributed by atoms with Crippen LogP contribution in [-0.4, -0.2) is 33.6 Å². The van der Waals surface area contributed by atoms with Crippen molar-refractivity contribution in [1.82, 2.24) is 0 Å². The van der Waals surface area contributed by atoms with E-state index in [2.05, 4.69) is 0 Å². The Morgan fingerprint density at radius 3 is 2.48 bits per heavy atom. The number of anilines is 1. The lowest BCUT2D eigenvalue weighted by Gasteiger charge is -2.28. The van der Waals surface area contributed by atoms with E-state index < -0.39 is 21.8 Å². The highest BCUT2D eigenvalue weighted by atomic mass is 32.2. The zero-order valence-electron chi connectivity index (χ0n) is 12.2. The molecule has 1 rings (SSSR count). The minimum absolute atomic E-state index is 0.116. The van der Waals surface area contributed by atoms with E-state index in [9.17, 15) is 17.6 Å². The monoisotopic (exact) mass is 318 g/mol. The number of esters is 1. The summed E-state index contributed by atoms with van der Waals surface area (Å²) in [6.07, 6.45) is 0. The summed E-state index contributed by atoms with van der Waals surface area (Å²) in [5, 5.41) is 4.95. The van der Waals surface area contributed by atoms with E-state index in [1.54, 1.807) is 20.8 Å². The molecule has 8 heteroatoms. The van der Waals surface area contributed by atoms with Gasteiger partial charge >= 0.3 is 5.97 Å². The average Bonchev–Trinajstić information content (AvgIpc) is 2.35. The van der Waals surface area contributed by atoms with Gasteiger partial charge in [-0.15, -0.1) is 0 Å². The van der Waals surface area contributed by atoms with Crippen molar-refractivity contribution in [2.45, 2.75) is 31.7 Å². The van der Waals surface area contributed by atoms with Crippen LogP contribution < -0.4 is 10.0 Å². The normalized spacial score (nSPS) is 11.5. The molecule has 0 saturated heterocycles. The number of nitrogens with zero attached hydrogens (tertiary/aromatic N) is 1. The van der Waals surface area contributed by atoms with E-state index in [4.69, 9.17) is 9.88 Å². The van der Waals surface area contributed by atoms with Crippen LogP contribution >= 0.6 is 0 Å². The molecule has 0 heterocycles. The van der Waals surface area contributed by atoms with Crippen LogP contribution in [-0.2, 0) is 19.6 Å². The summed E-state index contributed by atoms with van der Waals surface area (Å²) in [5.74, 6) is -1.25. The molecule has 0 aliphatic heterocycles. The van der Waals surface area contributed by atoms with Crippen molar-refractivity contribution >= 4 is 21.7 Å². The van der Waals surface area contributed by atoms with E-state index in [1.165, 1.54) is 17.0 Å². The van der Waals surface area contributed by atoms with Gasteiger partial charge in [0.25, 0.3) is 0 Å². The maximum atomic E-state index is 14.1. The van der Waals surface area contributed by atoms with E-state index in [0.717, 1.165) is 6.07 Å². The average molecular weight is 318 g/mol. The van der Waals surface area contributed by atoms with E-state index in [0.29, 0.717) is 0 Å². The van der Waals surface area contributed by atoms with Gasteiger partial charge in [-0.05, 0) is 39.0 Å². The summed E-state index contributed by atoms with van der Waals surface area (Å²) >= 11 is 0. The fraction of sp³-hybridized carbons (Fsp3) is 0.462. The number of sulfonamides is 1. The topological polar surface area (TPSA) is 89.7 Å². The number of benzene rings is 1. The second kappa shape index (κ2) is 6.86. The molecule has 21 heavy (non-hydrogen) atoms. The first-order valence-corrected chi connectivity index (χ1v) is 7.96. The van der Waals surface area contributed by atoms with Crippen molar-refractivity contribution < 1.29 is 22.3 Å². The number of ether oxygens (including phenoxy) is 1. The highest BCUT2D eigenvalue weighted by Crippen LogP contribution is 2.24. The van der Waals surface area contributed by atoms with Crippen molar-refractivity contribution in [2.24, 2.45) is 5.14 Å².